The fourth-order valence-electron chi connectivity index (χ4n) is 2.65. The van der Waals surface area contributed by atoms with Gasteiger partial charge in [0.2, 0.25) is 0 Å². The van der Waals surface area contributed by atoms with Crippen molar-refractivity contribution in [3.8, 4) is 17.2 Å². The molecular weight excluding hydrogens is 316 g/mol. The molecule has 0 aliphatic carbocycles. The molecule has 0 saturated carbocycles. The molecule has 0 radical (unpaired) electrons. The van der Waals surface area contributed by atoms with Gasteiger partial charge in [0.05, 0.1) is 13.2 Å². The summed E-state index contributed by atoms with van der Waals surface area (Å²) in [6, 6.07) is 14.9. The molecule has 2 aromatic carbocycles. The van der Waals surface area contributed by atoms with Crippen LogP contribution >= 0.6 is 0 Å². The van der Waals surface area contributed by atoms with Crippen molar-refractivity contribution < 1.29 is 14.2 Å². The largest absolute Gasteiger partial charge is 0.490 e. The number of hydrogen-bond acceptors (Lipinski definition) is 5. The van der Waals surface area contributed by atoms with Crippen molar-refractivity contribution in [1.29, 1.82) is 10.8 Å². The van der Waals surface area contributed by atoms with Gasteiger partial charge in [-0.25, -0.2) is 0 Å². The molecule has 0 amide bonds. The molecule has 5 nitrogen and oxygen atoms in total. The Kier molecular flexibility index (Phi) is 5.80. The molecule has 1 saturated heterocycles. The lowest BCUT2D eigenvalue weighted by Gasteiger charge is -2.23. The lowest BCUT2D eigenvalue weighted by Crippen LogP contribution is -2.25. The summed E-state index contributed by atoms with van der Waals surface area (Å²) < 4.78 is 17.1. The van der Waals surface area contributed by atoms with Crippen molar-refractivity contribution >= 4 is 11.9 Å². The summed E-state index contributed by atoms with van der Waals surface area (Å²) in [7, 11) is 0. The fraction of sp³-hybridized carbons (Fsp3) is 0.300. The maximum atomic E-state index is 7.84. The van der Waals surface area contributed by atoms with Crippen LogP contribution in [0, 0.1) is 10.8 Å². The van der Waals surface area contributed by atoms with Crippen molar-refractivity contribution in [3.63, 3.8) is 0 Å². The lowest BCUT2D eigenvalue weighted by molar-refractivity contribution is 0.0255. The molecule has 1 heterocycles. The van der Waals surface area contributed by atoms with Crippen LogP contribution in [0.2, 0.25) is 0 Å². The first kappa shape index (κ1) is 17.2. The van der Waals surface area contributed by atoms with Gasteiger partial charge in [-0.15, -0.1) is 0 Å². The van der Waals surface area contributed by atoms with Gasteiger partial charge in [-0.2, -0.15) is 0 Å². The van der Waals surface area contributed by atoms with Crippen LogP contribution in [-0.4, -0.2) is 31.2 Å². The molecular formula is C20H22N2O3. The SMILES string of the molecule is N=CCC(=N)c1ccc(Oc2ccc(OC3CCOCC3)cc2)cc1. The Labute approximate surface area is 147 Å². The minimum atomic E-state index is 0.226. The summed E-state index contributed by atoms with van der Waals surface area (Å²) in [5.74, 6) is 2.29. The third kappa shape index (κ3) is 4.90. The van der Waals surface area contributed by atoms with Crippen molar-refractivity contribution in [2.75, 3.05) is 13.2 Å². The van der Waals surface area contributed by atoms with Gasteiger partial charge >= 0.3 is 0 Å². The van der Waals surface area contributed by atoms with E-state index >= 15 is 0 Å². The van der Waals surface area contributed by atoms with E-state index in [2.05, 4.69) is 0 Å². The number of benzene rings is 2. The van der Waals surface area contributed by atoms with Gasteiger partial charge in [0.15, 0.2) is 0 Å². The quantitative estimate of drug-likeness (QED) is 0.733. The summed E-state index contributed by atoms with van der Waals surface area (Å²) in [4.78, 5) is 0. The second-order valence-corrected chi connectivity index (χ2v) is 5.91. The first-order chi connectivity index (χ1) is 12.2. The van der Waals surface area contributed by atoms with Gasteiger partial charge in [-0.1, -0.05) is 0 Å². The van der Waals surface area contributed by atoms with Crippen LogP contribution in [0.15, 0.2) is 48.5 Å². The molecule has 1 aliphatic rings. The molecule has 25 heavy (non-hydrogen) atoms. The van der Waals surface area contributed by atoms with Gasteiger partial charge in [-0.05, 0) is 54.1 Å². The standard InChI is InChI=1S/C20H22N2O3/c21-12-9-20(22)15-1-3-16(4-2-15)24-17-5-7-18(8-6-17)25-19-10-13-23-14-11-19/h1-8,12,19,21-22H,9-11,13-14H2. The van der Waals surface area contributed by atoms with Crippen molar-refractivity contribution in [1.82, 2.24) is 0 Å². The monoisotopic (exact) mass is 338 g/mol. The van der Waals surface area contributed by atoms with Crippen molar-refractivity contribution in [2.45, 2.75) is 25.4 Å². The third-order valence-corrected chi connectivity index (χ3v) is 4.04. The zero-order valence-corrected chi connectivity index (χ0v) is 14.0. The molecule has 5 heteroatoms. The lowest BCUT2D eigenvalue weighted by atomic mass is 10.1. The van der Waals surface area contributed by atoms with E-state index in [-0.39, 0.29) is 6.10 Å². The van der Waals surface area contributed by atoms with Crippen LogP contribution < -0.4 is 9.47 Å². The van der Waals surface area contributed by atoms with Crippen LogP contribution in [0.5, 0.6) is 17.2 Å². The molecule has 0 spiro atoms. The van der Waals surface area contributed by atoms with E-state index in [0.717, 1.165) is 43.1 Å². The zero-order valence-electron chi connectivity index (χ0n) is 14.0. The maximum Gasteiger partial charge on any atom is 0.127 e. The predicted octanol–water partition coefficient (Wildman–Crippen LogP) is 4.44. The van der Waals surface area contributed by atoms with Gasteiger partial charge in [0.1, 0.15) is 23.4 Å². The summed E-state index contributed by atoms with van der Waals surface area (Å²) in [6.45, 7) is 1.53. The topological polar surface area (TPSA) is 75.4 Å². The molecule has 130 valence electrons. The Bertz CT molecular complexity index is 705. The Morgan fingerprint density at radius 2 is 1.52 bits per heavy atom. The molecule has 3 rings (SSSR count). The van der Waals surface area contributed by atoms with Crippen molar-refractivity contribution in [3.05, 3.63) is 54.1 Å². The Balaban J connectivity index is 1.57. The molecule has 1 aliphatic heterocycles. The van der Waals surface area contributed by atoms with E-state index in [1.807, 2.05) is 48.5 Å². The smallest absolute Gasteiger partial charge is 0.127 e. The summed E-state index contributed by atoms with van der Waals surface area (Å²) >= 11 is 0. The molecule has 2 aromatic rings. The third-order valence-electron chi connectivity index (χ3n) is 4.04. The number of hydrogen-bond donors (Lipinski definition) is 2. The van der Waals surface area contributed by atoms with E-state index in [0.29, 0.717) is 17.9 Å². The van der Waals surface area contributed by atoms with Crippen LogP contribution in [-0.2, 0) is 4.74 Å². The minimum Gasteiger partial charge on any atom is -0.490 e. The number of nitrogens with one attached hydrogen (secondary N) is 2. The van der Waals surface area contributed by atoms with E-state index in [4.69, 9.17) is 25.0 Å². The van der Waals surface area contributed by atoms with E-state index in [1.165, 1.54) is 6.21 Å². The highest BCUT2D eigenvalue weighted by molar-refractivity contribution is 6.04. The summed E-state index contributed by atoms with van der Waals surface area (Å²) in [6.07, 6.45) is 3.66. The first-order valence-electron chi connectivity index (χ1n) is 8.44. The van der Waals surface area contributed by atoms with Gasteiger partial charge in [0, 0.05) is 31.2 Å². The molecule has 2 N–H and O–H groups in total. The Hall–Kier alpha value is -2.66. The molecule has 0 unspecified atom stereocenters. The van der Waals surface area contributed by atoms with Crippen LogP contribution in [0.25, 0.3) is 0 Å². The molecule has 0 aromatic heterocycles. The normalized spacial score (nSPS) is 14.7. The van der Waals surface area contributed by atoms with E-state index in [1.54, 1.807) is 0 Å². The minimum absolute atomic E-state index is 0.226. The van der Waals surface area contributed by atoms with Gasteiger partial charge < -0.3 is 25.0 Å². The maximum absolute atomic E-state index is 7.84. The van der Waals surface area contributed by atoms with Gasteiger partial charge in [0.25, 0.3) is 0 Å². The van der Waals surface area contributed by atoms with Gasteiger partial charge in [-0.3, -0.25) is 0 Å². The predicted molar refractivity (Wildman–Crippen MR) is 97.7 cm³/mol. The summed E-state index contributed by atoms with van der Waals surface area (Å²) in [5.41, 5.74) is 1.23. The average molecular weight is 338 g/mol. The highest BCUT2D eigenvalue weighted by atomic mass is 16.5. The fourth-order valence-corrected chi connectivity index (χ4v) is 2.65. The second-order valence-electron chi connectivity index (χ2n) is 5.91. The number of rotatable bonds is 7. The second kappa shape index (κ2) is 8.44. The van der Waals surface area contributed by atoms with E-state index < -0.39 is 0 Å². The van der Waals surface area contributed by atoms with Crippen LogP contribution in [0.4, 0.5) is 0 Å². The molecule has 0 bridgehead atoms. The highest BCUT2D eigenvalue weighted by Gasteiger charge is 2.15. The van der Waals surface area contributed by atoms with Crippen LogP contribution in [0.1, 0.15) is 24.8 Å². The Morgan fingerprint density at radius 3 is 2.12 bits per heavy atom. The Morgan fingerprint density at radius 1 is 0.960 bits per heavy atom. The number of ether oxygens (including phenoxy) is 3. The van der Waals surface area contributed by atoms with Crippen molar-refractivity contribution in [2.24, 2.45) is 0 Å². The van der Waals surface area contributed by atoms with E-state index in [9.17, 15) is 0 Å². The summed E-state index contributed by atoms with van der Waals surface area (Å²) in [5, 5.41) is 14.9. The zero-order chi connectivity index (χ0) is 17.5. The first-order valence-corrected chi connectivity index (χ1v) is 8.44. The highest BCUT2D eigenvalue weighted by Crippen LogP contribution is 2.25. The molecule has 1 fully saturated rings. The molecule has 0 atom stereocenters. The average Bonchev–Trinajstić information content (AvgIpc) is 2.65. The van der Waals surface area contributed by atoms with Crippen LogP contribution in [0.3, 0.4) is 0 Å².